The van der Waals surface area contributed by atoms with Crippen molar-refractivity contribution in [1.82, 2.24) is 0 Å². The summed E-state index contributed by atoms with van der Waals surface area (Å²) in [5.74, 6) is -0.376. The summed E-state index contributed by atoms with van der Waals surface area (Å²) in [5.41, 5.74) is 2.39. The minimum Gasteiger partial charge on any atom is -0.497 e. The lowest BCUT2D eigenvalue weighted by molar-refractivity contribution is 0.0696. The number of methoxy groups -OCH3 is 1. The minimum absolute atomic E-state index is 0.246. The van der Waals surface area contributed by atoms with Crippen molar-refractivity contribution in [1.29, 1.82) is 0 Å². The Balaban J connectivity index is 2.49. The second-order valence-electron chi connectivity index (χ2n) is 3.93. The highest BCUT2D eigenvalue weighted by molar-refractivity contribution is 7.13. The summed E-state index contributed by atoms with van der Waals surface area (Å²) in [5, 5.41) is 11.2. The van der Waals surface area contributed by atoms with Crippen LogP contribution in [0.4, 0.5) is 0 Å². The fourth-order valence-electron chi connectivity index (χ4n) is 1.70. The molecule has 18 heavy (non-hydrogen) atoms. The molecule has 0 aliphatic heterocycles. The SMILES string of the molecule is CCc1csc(-c2cc(OC)cc(C(=O)O)c2)c1. The van der Waals surface area contributed by atoms with Crippen molar-refractivity contribution in [3.8, 4) is 16.2 Å². The fraction of sp³-hybridized carbons (Fsp3) is 0.214. The topological polar surface area (TPSA) is 46.5 Å². The number of hydrogen-bond acceptors (Lipinski definition) is 3. The number of thiophene rings is 1. The van der Waals surface area contributed by atoms with E-state index in [9.17, 15) is 4.79 Å². The highest BCUT2D eigenvalue weighted by Gasteiger charge is 2.10. The van der Waals surface area contributed by atoms with Gasteiger partial charge in [0.2, 0.25) is 0 Å². The van der Waals surface area contributed by atoms with Gasteiger partial charge in [0.15, 0.2) is 0 Å². The van der Waals surface area contributed by atoms with Crippen molar-refractivity contribution < 1.29 is 14.6 Å². The van der Waals surface area contributed by atoms with Gasteiger partial charge in [-0.2, -0.15) is 0 Å². The predicted octanol–water partition coefficient (Wildman–Crippen LogP) is 3.68. The quantitative estimate of drug-likeness (QED) is 0.914. The zero-order valence-electron chi connectivity index (χ0n) is 10.3. The van der Waals surface area contributed by atoms with Crippen LogP contribution in [0.25, 0.3) is 10.4 Å². The molecule has 4 heteroatoms. The number of benzene rings is 1. The Morgan fingerprint density at radius 3 is 2.67 bits per heavy atom. The van der Waals surface area contributed by atoms with E-state index in [2.05, 4.69) is 18.4 Å². The van der Waals surface area contributed by atoms with Crippen LogP contribution in [0, 0.1) is 0 Å². The molecule has 1 aromatic heterocycles. The molecule has 0 amide bonds. The maximum absolute atomic E-state index is 11.1. The second-order valence-corrected chi connectivity index (χ2v) is 4.84. The van der Waals surface area contributed by atoms with Gasteiger partial charge in [-0.3, -0.25) is 0 Å². The van der Waals surface area contributed by atoms with Gasteiger partial charge in [0.1, 0.15) is 5.75 Å². The molecule has 0 fully saturated rings. The van der Waals surface area contributed by atoms with Crippen LogP contribution < -0.4 is 4.74 Å². The van der Waals surface area contributed by atoms with Crippen LogP contribution in [0.5, 0.6) is 5.75 Å². The first-order valence-electron chi connectivity index (χ1n) is 5.64. The first-order valence-corrected chi connectivity index (χ1v) is 6.52. The molecule has 0 aliphatic rings. The summed E-state index contributed by atoms with van der Waals surface area (Å²) in [6.07, 6.45) is 0.978. The second kappa shape index (κ2) is 5.23. The first-order chi connectivity index (χ1) is 8.63. The number of carboxylic acid groups (broad SMARTS) is 1. The van der Waals surface area contributed by atoms with Gasteiger partial charge in [-0.25, -0.2) is 4.79 Å². The van der Waals surface area contributed by atoms with E-state index in [-0.39, 0.29) is 5.56 Å². The van der Waals surface area contributed by atoms with Crippen molar-refractivity contribution in [3.05, 3.63) is 40.8 Å². The normalized spacial score (nSPS) is 10.3. The van der Waals surface area contributed by atoms with E-state index in [0.29, 0.717) is 5.75 Å². The molecule has 0 radical (unpaired) electrons. The van der Waals surface area contributed by atoms with Gasteiger partial charge in [0.25, 0.3) is 0 Å². The van der Waals surface area contributed by atoms with Gasteiger partial charge in [-0.15, -0.1) is 11.3 Å². The lowest BCUT2D eigenvalue weighted by Gasteiger charge is -2.05. The van der Waals surface area contributed by atoms with Crippen LogP contribution >= 0.6 is 11.3 Å². The van der Waals surface area contributed by atoms with Crippen molar-refractivity contribution >= 4 is 17.3 Å². The number of rotatable bonds is 4. The Morgan fingerprint density at radius 1 is 1.33 bits per heavy atom. The third-order valence-corrected chi connectivity index (χ3v) is 3.76. The molecule has 1 N–H and O–H groups in total. The molecule has 0 saturated heterocycles. The first kappa shape index (κ1) is 12.6. The van der Waals surface area contributed by atoms with Gasteiger partial charge in [-0.05, 0) is 47.2 Å². The summed E-state index contributed by atoms with van der Waals surface area (Å²) >= 11 is 1.62. The van der Waals surface area contributed by atoms with Crippen molar-refractivity contribution in [2.24, 2.45) is 0 Å². The number of hydrogen-bond donors (Lipinski definition) is 1. The maximum atomic E-state index is 11.1. The van der Waals surface area contributed by atoms with Gasteiger partial charge in [0.05, 0.1) is 12.7 Å². The number of aryl methyl sites for hydroxylation is 1. The van der Waals surface area contributed by atoms with Crippen LogP contribution in [-0.4, -0.2) is 18.2 Å². The third-order valence-electron chi connectivity index (χ3n) is 2.74. The zero-order chi connectivity index (χ0) is 13.1. The van der Waals surface area contributed by atoms with E-state index in [0.717, 1.165) is 16.9 Å². The Bertz CT molecular complexity index is 572. The molecule has 0 spiro atoms. The molecule has 1 heterocycles. The maximum Gasteiger partial charge on any atom is 0.335 e. The number of carboxylic acids is 1. The van der Waals surface area contributed by atoms with E-state index in [1.807, 2.05) is 6.07 Å². The standard InChI is InChI=1S/C14H14O3S/c1-3-9-4-13(18-8-9)10-5-11(14(15)16)7-12(6-10)17-2/h4-8H,3H2,1-2H3,(H,15,16). The van der Waals surface area contributed by atoms with Gasteiger partial charge < -0.3 is 9.84 Å². The van der Waals surface area contributed by atoms with Crippen molar-refractivity contribution in [2.45, 2.75) is 13.3 Å². The van der Waals surface area contributed by atoms with E-state index in [4.69, 9.17) is 9.84 Å². The summed E-state index contributed by atoms with van der Waals surface area (Å²) in [7, 11) is 1.54. The molecule has 2 rings (SSSR count). The lowest BCUT2D eigenvalue weighted by atomic mass is 10.1. The average molecular weight is 262 g/mol. The molecular formula is C14H14O3S. The molecule has 0 bridgehead atoms. The highest BCUT2D eigenvalue weighted by Crippen LogP contribution is 2.31. The Labute approximate surface area is 110 Å². The zero-order valence-corrected chi connectivity index (χ0v) is 11.1. The molecule has 0 aliphatic carbocycles. The minimum atomic E-state index is -0.942. The molecule has 3 nitrogen and oxygen atoms in total. The fourth-order valence-corrected chi connectivity index (χ4v) is 2.68. The van der Waals surface area contributed by atoms with Gasteiger partial charge in [-0.1, -0.05) is 6.92 Å². The van der Waals surface area contributed by atoms with E-state index in [1.165, 1.54) is 18.7 Å². The monoisotopic (exact) mass is 262 g/mol. The van der Waals surface area contributed by atoms with E-state index in [1.54, 1.807) is 17.4 Å². The molecule has 0 unspecified atom stereocenters. The highest BCUT2D eigenvalue weighted by atomic mass is 32.1. The van der Waals surface area contributed by atoms with Crippen LogP contribution in [0.15, 0.2) is 29.6 Å². The summed E-state index contributed by atoms with van der Waals surface area (Å²) < 4.78 is 5.14. The Kier molecular flexibility index (Phi) is 3.67. The van der Waals surface area contributed by atoms with Crippen LogP contribution in [0.3, 0.4) is 0 Å². The smallest absolute Gasteiger partial charge is 0.335 e. The molecule has 1 aromatic carbocycles. The van der Waals surface area contributed by atoms with Crippen molar-refractivity contribution in [3.63, 3.8) is 0 Å². The van der Waals surface area contributed by atoms with Gasteiger partial charge in [0, 0.05) is 4.88 Å². The molecule has 0 atom stereocenters. The summed E-state index contributed by atoms with van der Waals surface area (Å²) in [4.78, 5) is 12.1. The molecule has 94 valence electrons. The number of carbonyl (C=O) groups is 1. The predicted molar refractivity (Wildman–Crippen MR) is 72.6 cm³/mol. The molecular weight excluding hydrogens is 248 g/mol. The van der Waals surface area contributed by atoms with Crippen LogP contribution in [0.1, 0.15) is 22.8 Å². The average Bonchev–Trinajstić information content (AvgIpc) is 2.86. The Hall–Kier alpha value is -1.81. The van der Waals surface area contributed by atoms with Crippen molar-refractivity contribution in [2.75, 3.05) is 7.11 Å². The van der Waals surface area contributed by atoms with E-state index < -0.39 is 5.97 Å². The summed E-state index contributed by atoms with van der Waals surface area (Å²) in [6.45, 7) is 2.10. The summed E-state index contributed by atoms with van der Waals surface area (Å²) in [6, 6.07) is 7.15. The van der Waals surface area contributed by atoms with E-state index >= 15 is 0 Å². The molecule has 0 saturated carbocycles. The third kappa shape index (κ3) is 2.54. The van der Waals surface area contributed by atoms with Crippen LogP contribution in [0.2, 0.25) is 0 Å². The van der Waals surface area contributed by atoms with Crippen LogP contribution in [-0.2, 0) is 6.42 Å². The number of aromatic carboxylic acids is 1. The number of ether oxygens (including phenoxy) is 1. The Morgan fingerprint density at radius 2 is 2.11 bits per heavy atom. The molecule has 2 aromatic rings. The lowest BCUT2D eigenvalue weighted by Crippen LogP contribution is -1.97. The van der Waals surface area contributed by atoms with Gasteiger partial charge >= 0.3 is 5.97 Å². The largest absolute Gasteiger partial charge is 0.497 e.